The Morgan fingerprint density at radius 1 is 0.882 bits per heavy atom. The predicted octanol–water partition coefficient (Wildman–Crippen LogP) is 7.65. The van der Waals surface area contributed by atoms with Gasteiger partial charge in [0.05, 0.1) is 7.11 Å². The smallest absolute Gasteiger partial charge is 0.413 e. The number of oxime groups is 1. The zero-order valence-electron chi connectivity index (χ0n) is 44.6. The number of thiazole rings is 1. The molecule has 2 atom stereocenters. The molecule has 22 heteroatoms. The van der Waals surface area contributed by atoms with Gasteiger partial charge in [-0.25, -0.2) is 24.2 Å². The molecule has 0 aliphatic carbocycles. The van der Waals surface area contributed by atoms with Crippen LogP contribution in [0.2, 0.25) is 0 Å². The number of esters is 2. The zero-order chi connectivity index (χ0) is 55.1. The molecule has 76 heavy (non-hydrogen) atoms. The summed E-state index contributed by atoms with van der Waals surface area (Å²) in [5.74, 6) is -2.04. The van der Waals surface area contributed by atoms with Gasteiger partial charge >= 0.3 is 24.1 Å². The van der Waals surface area contributed by atoms with Crippen molar-refractivity contribution in [3.8, 4) is 5.75 Å². The normalized spacial score (nSPS) is 15.8. The molecule has 2 unspecified atom stereocenters. The Balaban J connectivity index is 1.14. The van der Waals surface area contributed by atoms with Crippen LogP contribution in [0.1, 0.15) is 83.5 Å². The van der Waals surface area contributed by atoms with E-state index in [0.717, 1.165) is 27.9 Å². The monoisotopic (exact) mass is 1080 g/mol. The molecule has 1 saturated heterocycles. The fraction of sp³-hybridized carbons (Fsp3) is 0.426. The summed E-state index contributed by atoms with van der Waals surface area (Å²) in [6, 6.07) is 20.9. The van der Waals surface area contributed by atoms with Crippen LogP contribution < -0.4 is 19.9 Å². The van der Waals surface area contributed by atoms with E-state index in [1.54, 1.807) is 71.0 Å². The number of fused-ring (bicyclic) bond motifs is 2. The van der Waals surface area contributed by atoms with E-state index >= 15 is 0 Å². The highest BCUT2D eigenvalue weighted by Crippen LogP contribution is 2.41. The van der Waals surface area contributed by atoms with Crippen LogP contribution in [0.5, 0.6) is 5.75 Å². The number of hydrogen-bond acceptors (Lipinski definition) is 16. The lowest BCUT2D eigenvalue weighted by atomic mass is 10.0. The van der Waals surface area contributed by atoms with Gasteiger partial charge in [-0.15, -0.1) is 23.1 Å². The van der Waals surface area contributed by atoms with Gasteiger partial charge in [-0.1, -0.05) is 47.6 Å². The second kappa shape index (κ2) is 23.6. The fourth-order valence-corrected chi connectivity index (χ4v) is 10.0. The van der Waals surface area contributed by atoms with Crippen molar-refractivity contribution in [2.24, 2.45) is 5.16 Å². The molecule has 5 heterocycles. The first-order valence-electron chi connectivity index (χ1n) is 24.6. The Morgan fingerprint density at radius 2 is 1.57 bits per heavy atom. The third kappa shape index (κ3) is 14.1. The quantitative estimate of drug-likeness (QED) is 0.0203. The lowest BCUT2D eigenvalue weighted by Crippen LogP contribution is -2.71. The van der Waals surface area contributed by atoms with Gasteiger partial charge in [-0.05, 0) is 98.1 Å². The van der Waals surface area contributed by atoms with Gasteiger partial charge in [0.15, 0.2) is 23.6 Å². The predicted molar refractivity (Wildman–Crippen MR) is 285 cm³/mol. The fourth-order valence-electron chi connectivity index (χ4n) is 7.91. The molecule has 3 aromatic heterocycles. The average Bonchev–Trinajstić information content (AvgIpc) is 3.96. The van der Waals surface area contributed by atoms with Gasteiger partial charge in [0.25, 0.3) is 11.8 Å². The first-order valence-corrected chi connectivity index (χ1v) is 26.4. The number of rotatable bonds is 19. The third-order valence-electron chi connectivity index (χ3n) is 11.7. The van der Waals surface area contributed by atoms with Crippen LogP contribution in [-0.4, -0.2) is 116 Å². The third-order valence-corrected chi connectivity index (χ3v) is 14.0. The Morgan fingerprint density at radius 3 is 2.25 bits per heavy atom. The molecule has 0 spiro atoms. The first-order chi connectivity index (χ1) is 35.9. The number of nitrogens with one attached hydrogen (secondary N) is 2. The molecule has 2 aliphatic heterocycles. The minimum Gasteiger partial charge on any atom is -0.497 e. The van der Waals surface area contributed by atoms with Crippen LogP contribution in [-0.2, 0) is 69.3 Å². The van der Waals surface area contributed by atoms with Gasteiger partial charge in [0.1, 0.15) is 58.5 Å². The maximum Gasteiger partial charge on any atom is 0.413 e. The summed E-state index contributed by atoms with van der Waals surface area (Å²) in [4.78, 5) is 95.8. The molecule has 4 amide bonds. The average molecular weight is 1080 g/mol. The molecular weight excluding hydrogens is 1020 g/mol. The summed E-state index contributed by atoms with van der Waals surface area (Å²) in [6.45, 7) is 16.3. The Kier molecular flexibility index (Phi) is 17.5. The number of nitrogens with zero attached hydrogens (tertiary/aromatic N) is 6. The van der Waals surface area contributed by atoms with E-state index in [1.807, 2.05) is 86.3 Å². The van der Waals surface area contributed by atoms with Gasteiger partial charge < -0.3 is 43.3 Å². The number of aromatic nitrogens is 3. The number of anilines is 1. The minimum atomic E-state index is -1.69. The van der Waals surface area contributed by atoms with Gasteiger partial charge in [-0.3, -0.25) is 19.8 Å². The van der Waals surface area contributed by atoms with E-state index < -0.39 is 69.9 Å². The van der Waals surface area contributed by atoms with Crippen molar-refractivity contribution < 1.29 is 61.9 Å². The number of ether oxygens (including phenoxy) is 5. The van der Waals surface area contributed by atoms with E-state index in [2.05, 4.69) is 25.3 Å². The highest BCUT2D eigenvalue weighted by Gasteiger charge is 2.55. The van der Waals surface area contributed by atoms with Crippen LogP contribution in [0.25, 0.3) is 11.0 Å². The number of hydrogen-bond donors (Lipinski definition) is 2. The molecule has 20 nitrogen and oxygen atoms in total. The van der Waals surface area contributed by atoms with Crippen LogP contribution >= 0.6 is 23.1 Å². The molecular formula is C54H65N8O12S2+. The number of β-lactam (4-membered cyclic amide) rings is 1. The van der Waals surface area contributed by atoms with Crippen molar-refractivity contribution in [1.82, 2.24) is 24.7 Å². The molecule has 0 bridgehead atoms. The minimum absolute atomic E-state index is 0.000576. The molecule has 2 aliphatic rings. The van der Waals surface area contributed by atoms with Crippen molar-refractivity contribution in [1.29, 1.82) is 0 Å². The molecule has 404 valence electrons. The number of carbonyl (C=O) groups is 6. The molecule has 2 aromatic carbocycles. The van der Waals surface area contributed by atoms with Crippen molar-refractivity contribution in [2.75, 3.05) is 31.8 Å². The summed E-state index contributed by atoms with van der Waals surface area (Å²) >= 11 is 2.40. The van der Waals surface area contributed by atoms with Gasteiger partial charge in [0.2, 0.25) is 11.1 Å². The highest BCUT2D eigenvalue weighted by molar-refractivity contribution is 8.00. The largest absolute Gasteiger partial charge is 0.497 e. The topological polar surface area (TPSA) is 222 Å². The number of thioether (sulfide) groups is 1. The van der Waals surface area contributed by atoms with Crippen molar-refractivity contribution >= 4 is 80.9 Å². The van der Waals surface area contributed by atoms with Crippen LogP contribution in [0.4, 0.5) is 14.7 Å². The van der Waals surface area contributed by atoms with E-state index in [1.165, 1.54) is 30.5 Å². The van der Waals surface area contributed by atoms with E-state index in [9.17, 15) is 28.8 Å². The second-order valence-corrected chi connectivity index (χ2v) is 22.9. The summed E-state index contributed by atoms with van der Waals surface area (Å²) in [7, 11) is 3.26. The van der Waals surface area contributed by atoms with E-state index in [4.69, 9.17) is 28.5 Å². The number of benzene rings is 2. The maximum atomic E-state index is 14.6. The summed E-state index contributed by atoms with van der Waals surface area (Å²) in [6.07, 6.45) is 3.34. The molecule has 1 fully saturated rings. The number of carbonyl (C=O) groups excluding carboxylic acids is 6. The molecule has 0 radical (unpaired) electrons. The number of amides is 4. The van der Waals surface area contributed by atoms with Gasteiger partial charge in [0, 0.05) is 54.7 Å². The number of aryl methyl sites for hydroxylation is 2. The molecule has 5 aromatic rings. The zero-order valence-corrected chi connectivity index (χ0v) is 46.2. The van der Waals surface area contributed by atoms with Crippen LogP contribution in [0.15, 0.2) is 102 Å². The maximum absolute atomic E-state index is 14.6. The summed E-state index contributed by atoms with van der Waals surface area (Å²) < 4.78 is 31.7. The second-order valence-electron chi connectivity index (χ2n) is 20.6. The van der Waals surface area contributed by atoms with E-state index in [-0.39, 0.29) is 42.0 Å². The molecule has 0 saturated carbocycles. The van der Waals surface area contributed by atoms with Gasteiger partial charge in [-0.2, -0.15) is 4.57 Å². The van der Waals surface area contributed by atoms with Crippen molar-refractivity contribution in [3.63, 3.8) is 0 Å². The Bertz CT molecular complexity index is 3030. The number of methoxy groups -OCH3 is 1. The Labute approximate surface area is 449 Å². The van der Waals surface area contributed by atoms with Crippen LogP contribution in [0.3, 0.4) is 0 Å². The lowest BCUT2D eigenvalue weighted by molar-refractivity contribution is -0.663. The molecule has 7 rings (SSSR count). The van der Waals surface area contributed by atoms with Crippen molar-refractivity contribution in [3.05, 3.63) is 118 Å². The number of pyridine rings is 1. The summed E-state index contributed by atoms with van der Waals surface area (Å²) in [5.41, 5.74) is 0.370. The van der Waals surface area contributed by atoms with E-state index in [0.29, 0.717) is 41.3 Å². The van der Waals surface area contributed by atoms with Crippen molar-refractivity contribution in [2.45, 2.75) is 123 Å². The lowest BCUT2D eigenvalue weighted by Gasteiger charge is -2.49. The standard InChI is InChI=1S/C54H64N8O12S2/c1-33-40(56-49(76-33)57-50(67)71-31-34-17-13-12-14-18-34)41(58-74-54(8,9)48(66)72-52(2,3)4)44(63)55-42-45(64)62-43(47(65)70-30-35-20-22-37(69-11)23-21-35)36(32-75-46(42)62)29-61-26-15-19-38-39(61)24-28-60(38)27-16-25-59(10)51(68)73-53(5,6)7/h12-15,17-24,26,28,42,46H,16,25,27,29-32H2,1-11H3,(H-,55,56,57,63,67)/p+1/b58-41-. The Hall–Kier alpha value is -7.46. The van der Waals surface area contributed by atoms with Crippen LogP contribution in [0, 0.1) is 6.92 Å². The molecule has 2 N–H and O–H groups in total. The first kappa shape index (κ1) is 56.3. The SMILES string of the molecule is COc1ccc(COC(=O)C2=C(C[n+]3cccc4c3ccn4CCCN(C)C(=O)OC(C)(C)C)CSC3C(NC(=O)/C(=N\OC(C)(C)C(=O)OC(C)(C)C)c4nc(NC(=O)OCc5ccccc5)sc4C)C(=O)N23)cc1. The summed E-state index contributed by atoms with van der Waals surface area (Å²) in [5, 5.41) is 8.89. The highest BCUT2D eigenvalue weighted by atomic mass is 32.2.